The molecule has 1 aromatic carbocycles. The molecule has 0 unspecified atom stereocenters. The summed E-state index contributed by atoms with van der Waals surface area (Å²) in [6, 6.07) is 2.64. The Balaban J connectivity index is 0. The fourth-order valence-electron chi connectivity index (χ4n) is 0.772. The number of diazo groups is 1. The molecule has 0 bridgehead atoms. The number of aryl methyl sites for hydroxylation is 1. The molecule has 2 nitrogen and oxygen atoms in total. The fraction of sp³-hybridized carbons (Fsp3) is 0.250. The summed E-state index contributed by atoms with van der Waals surface area (Å²) < 4.78 is 64.2. The third-order valence-corrected chi connectivity index (χ3v) is 1.43. The number of hydrogen-bond acceptors (Lipinski definition) is 1. The van der Waals surface area contributed by atoms with Crippen LogP contribution >= 0.6 is 0 Å². The molecule has 0 saturated carbocycles. The first-order valence-electron chi connectivity index (χ1n) is 4.13. The maximum absolute atomic E-state index is 12.6. The van der Waals surface area contributed by atoms with Gasteiger partial charge in [0.1, 0.15) is 11.6 Å². The van der Waals surface area contributed by atoms with E-state index in [0.29, 0.717) is 5.56 Å². The van der Waals surface area contributed by atoms with Crippen molar-refractivity contribution in [3.63, 3.8) is 0 Å². The van der Waals surface area contributed by atoms with Crippen LogP contribution in [0.5, 0.6) is 0 Å². The first kappa shape index (κ1) is 17.7. The molecule has 0 atom stereocenters. The summed E-state index contributed by atoms with van der Waals surface area (Å²) in [6.45, 7) is 3.08. The Bertz CT molecular complexity index is 347. The molecule has 0 heterocycles. The molecule has 0 saturated heterocycles. The van der Waals surface area contributed by atoms with Gasteiger partial charge >= 0.3 is 7.25 Å². The van der Waals surface area contributed by atoms with Crippen LogP contribution < -0.4 is 5.39 Å². The van der Waals surface area contributed by atoms with Crippen molar-refractivity contribution in [3.05, 3.63) is 34.9 Å². The summed E-state index contributed by atoms with van der Waals surface area (Å²) in [5, 5.41) is 11.0. The van der Waals surface area contributed by atoms with Crippen LogP contribution in [0.3, 0.4) is 0 Å². The highest BCUT2D eigenvalue weighted by Crippen LogP contribution is 2.12. The molecule has 1 N–H and O–H groups in total. The van der Waals surface area contributed by atoms with E-state index in [1.807, 2.05) is 0 Å². The molecule has 1 rings (SSSR count). The number of halogens is 6. The van der Waals surface area contributed by atoms with Gasteiger partial charge in [-0.1, -0.05) is 0 Å². The number of nitrogens with one attached hydrogen (secondary N) is 1. The molecule has 0 fully saturated rings. The number of nitrogens with zero attached hydrogens (tertiary/aromatic N) is 1. The van der Waals surface area contributed by atoms with E-state index in [2.05, 4.69) is 0 Å². The average molecular weight is 258 g/mol. The second kappa shape index (κ2) is 7.54. The van der Waals surface area contributed by atoms with E-state index < -0.39 is 18.9 Å². The predicted molar refractivity (Wildman–Crippen MR) is 48.7 cm³/mol. The van der Waals surface area contributed by atoms with Gasteiger partial charge in [-0.05, 0) is 31.5 Å². The van der Waals surface area contributed by atoms with E-state index in [0.717, 1.165) is 0 Å². The van der Waals surface area contributed by atoms with Crippen molar-refractivity contribution >= 4 is 7.25 Å². The van der Waals surface area contributed by atoms with Crippen molar-refractivity contribution in [3.8, 4) is 0 Å². The number of benzene rings is 1. The van der Waals surface area contributed by atoms with Crippen molar-refractivity contribution in [2.75, 3.05) is 0 Å². The molecule has 96 valence electrons. The van der Waals surface area contributed by atoms with Gasteiger partial charge in [0.25, 0.3) is 0 Å². The lowest BCUT2D eigenvalue weighted by Gasteiger charge is -1.98. The number of rotatable bonds is 0. The molecule has 9 heteroatoms. The average Bonchev–Trinajstić information content (AvgIpc) is 2.14. The standard InChI is InChI=1S/C8H8F2.BF4.N2/c1-5-3-7(9)6(2)8(10)4-5;2-1(3,4)5;1-2/h3-4H,1-2H3;;/q;-1;/p+1. The summed E-state index contributed by atoms with van der Waals surface area (Å²) in [6.07, 6.45) is 0. The second-order valence-electron chi connectivity index (χ2n) is 2.85. The molecule has 0 radical (unpaired) electrons. The lowest BCUT2D eigenvalue weighted by Crippen LogP contribution is -2.11. The highest BCUT2D eigenvalue weighted by atomic mass is 19.5. The molecule has 0 spiro atoms. The predicted octanol–water partition coefficient (Wildman–Crippen LogP) is 2.16. The Hall–Kier alpha value is -1.72. The summed E-state index contributed by atoms with van der Waals surface area (Å²) in [5.74, 6) is -0.949. The van der Waals surface area contributed by atoms with Crippen LogP contribution in [0.25, 0.3) is 0 Å². The van der Waals surface area contributed by atoms with Crippen LogP contribution in [-0.4, -0.2) is 7.25 Å². The molecule has 1 aromatic rings. The Morgan fingerprint density at radius 1 is 0.941 bits per heavy atom. The van der Waals surface area contributed by atoms with Crippen LogP contribution in [-0.2, 0) is 0 Å². The van der Waals surface area contributed by atoms with Crippen LogP contribution in [0.4, 0.5) is 26.0 Å². The Kier molecular flexibility index (Phi) is 7.84. The van der Waals surface area contributed by atoms with Crippen molar-refractivity contribution in [2.24, 2.45) is 0 Å². The first-order chi connectivity index (χ1) is 7.61. The maximum Gasteiger partial charge on any atom is 0.673 e. The SMILES string of the molecule is Cc1cc(F)c(C)c(F)c1.F[B-](F)(F)F.N#[NH+]. The maximum atomic E-state index is 12.6. The van der Waals surface area contributed by atoms with Crippen molar-refractivity contribution < 1.29 is 31.4 Å². The fourth-order valence-corrected chi connectivity index (χ4v) is 0.772. The molecule has 0 aliphatic heterocycles. The van der Waals surface area contributed by atoms with Gasteiger partial charge in [0, 0.05) is 5.56 Å². The van der Waals surface area contributed by atoms with Gasteiger partial charge in [-0.2, -0.15) is 0 Å². The summed E-state index contributed by atoms with van der Waals surface area (Å²) in [4.78, 5) is 0. The summed E-state index contributed by atoms with van der Waals surface area (Å²) >= 11 is 0. The molecular formula is C8H9BF6N2. The van der Waals surface area contributed by atoms with Gasteiger partial charge in [-0.3, -0.25) is 0 Å². The van der Waals surface area contributed by atoms with Crippen LogP contribution in [0.2, 0.25) is 0 Å². The second-order valence-corrected chi connectivity index (χ2v) is 2.85. The topological polar surface area (TPSA) is 47.6 Å². The lowest BCUT2D eigenvalue weighted by molar-refractivity contribution is -0.175. The third kappa shape index (κ3) is 10.6. The molecule has 0 amide bonds. The summed E-state index contributed by atoms with van der Waals surface area (Å²) in [7, 11) is -6.00. The van der Waals surface area contributed by atoms with E-state index >= 15 is 0 Å². The quantitative estimate of drug-likeness (QED) is 0.432. The minimum Gasteiger partial charge on any atom is -0.418 e. The van der Waals surface area contributed by atoms with E-state index in [1.54, 1.807) is 6.92 Å². The van der Waals surface area contributed by atoms with Crippen LogP contribution in [0.1, 0.15) is 11.1 Å². The van der Waals surface area contributed by atoms with E-state index in [-0.39, 0.29) is 5.56 Å². The number of hydrogen-bond donors (Lipinski definition) is 1. The molecule has 0 aliphatic rings. The van der Waals surface area contributed by atoms with Gasteiger partial charge in [0.05, 0.1) is 5.39 Å². The van der Waals surface area contributed by atoms with Gasteiger partial charge in [0.2, 0.25) is 5.39 Å². The third-order valence-electron chi connectivity index (χ3n) is 1.43. The minimum atomic E-state index is -6.00. The smallest absolute Gasteiger partial charge is 0.418 e. The Labute approximate surface area is 93.8 Å². The first-order valence-corrected chi connectivity index (χ1v) is 4.13. The van der Waals surface area contributed by atoms with E-state index in [1.165, 1.54) is 19.1 Å². The highest BCUT2D eigenvalue weighted by molar-refractivity contribution is 6.50. The normalized spacial score (nSPS) is 9.53. The summed E-state index contributed by atoms with van der Waals surface area (Å²) in [5.41, 5.74) is 0.700. The zero-order chi connectivity index (χ0) is 14.2. The van der Waals surface area contributed by atoms with Crippen LogP contribution in [0, 0.1) is 30.9 Å². The Morgan fingerprint density at radius 3 is 1.41 bits per heavy atom. The molecule has 17 heavy (non-hydrogen) atoms. The zero-order valence-electron chi connectivity index (χ0n) is 8.95. The molecular weight excluding hydrogens is 249 g/mol. The minimum absolute atomic E-state index is 0.0885. The van der Waals surface area contributed by atoms with E-state index in [4.69, 9.17) is 10.8 Å². The van der Waals surface area contributed by atoms with Crippen molar-refractivity contribution in [1.29, 1.82) is 5.39 Å². The van der Waals surface area contributed by atoms with Gasteiger partial charge < -0.3 is 17.3 Å². The van der Waals surface area contributed by atoms with Crippen molar-refractivity contribution in [1.82, 2.24) is 0 Å². The lowest BCUT2D eigenvalue weighted by atomic mass is 10.1. The Morgan fingerprint density at radius 2 is 1.18 bits per heavy atom. The van der Waals surface area contributed by atoms with Gasteiger partial charge in [-0.15, -0.1) is 0 Å². The molecule has 0 aromatic heterocycles. The van der Waals surface area contributed by atoms with Gasteiger partial charge in [0.15, 0.2) is 0 Å². The monoisotopic (exact) mass is 258 g/mol. The highest BCUT2D eigenvalue weighted by Gasteiger charge is 2.20. The van der Waals surface area contributed by atoms with Gasteiger partial charge in [-0.25, -0.2) is 8.78 Å². The van der Waals surface area contributed by atoms with Crippen molar-refractivity contribution in [2.45, 2.75) is 13.8 Å². The largest absolute Gasteiger partial charge is 0.673 e. The van der Waals surface area contributed by atoms with Crippen LogP contribution in [0.15, 0.2) is 12.1 Å². The zero-order valence-corrected chi connectivity index (χ0v) is 8.95. The van der Waals surface area contributed by atoms with E-state index in [9.17, 15) is 26.0 Å². The molecule has 0 aliphatic carbocycles.